The fourth-order valence-electron chi connectivity index (χ4n) is 3.74. The summed E-state index contributed by atoms with van der Waals surface area (Å²) < 4.78 is -0.472. The standard InChI is InChI=1S/C18H32N4O5/c1-4-6-7-10-15(12-21(27)13-23)16(24)22(11-8-9-14(22)3)18(26)20-17(25)19-5-2/h13-15,27H,4-12H2,1-3H3,(H-,19,20,25,26)/p+1/t14-,15-,22?/m1/s1. The smallest absolute Gasteiger partial charge is 0.338 e. The van der Waals surface area contributed by atoms with E-state index in [2.05, 4.69) is 10.6 Å². The fourth-order valence-corrected chi connectivity index (χ4v) is 3.74. The number of carbonyl (C=O) groups is 4. The average Bonchev–Trinajstić information content (AvgIpc) is 3.02. The highest BCUT2D eigenvalue weighted by atomic mass is 16.5. The second kappa shape index (κ2) is 11.0. The summed E-state index contributed by atoms with van der Waals surface area (Å²) in [4.78, 5) is 49.0. The van der Waals surface area contributed by atoms with Gasteiger partial charge in [-0.25, -0.2) is 24.8 Å². The van der Waals surface area contributed by atoms with Crippen molar-refractivity contribution in [3.05, 3.63) is 0 Å². The molecule has 9 nitrogen and oxygen atoms in total. The van der Waals surface area contributed by atoms with E-state index < -0.39 is 22.5 Å². The van der Waals surface area contributed by atoms with Crippen LogP contribution in [0.25, 0.3) is 0 Å². The zero-order chi connectivity index (χ0) is 20.4. The Bertz CT molecular complexity index is 542. The largest absolute Gasteiger partial charge is 0.432 e. The SMILES string of the molecule is CCCCC[C@H](CN(O)C=O)C(=O)[N+]1(C(=O)NC(=O)NCC)CCC[C@H]1C. The quantitative estimate of drug-likeness (QED) is 0.185. The summed E-state index contributed by atoms with van der Waals surface area (Å²) in [5.74, 6) is -1.02. The minimum absolute atomic E-state index is 0.160. The van der Waals surface area contributed by atoms with Crippen molar-refractivity contribution in [2.75, 3.05) is 19.6 Å². The molecule has 0 aromatic carbocycles. The lowest BCUT2D eigenvalue weighted by molar-refractivity contribution is -0.786. The molecule has 1 aliphatic heterocycles. The number of hydroxylamine groups is 2. The Morgan fingerprint density at radius 1 is 1.30 bits per heavy atom. The highest BCUT2D eigenvalue weighted by molar-refractivity contribution is 5.95. The Labute approximate surface area is 160 Å². The van der Waals surface area contributed by atoms with Gasteiger partial charge in [0, 0.05) is 19.4 Å². The lowest BCUT2D eigenvalue weighted by Gasteiger charge is -2.35. The number of unbranched alkanes of at least 4 members (excludes halogenated alkanes) is 2. The van der Waals surface area contributed by atoms with Gasteiger partial charge in [-0.05, 0) is 20.3 Å². The second-order valence-corrected chi connectivity index (χ2v) is 7.13. The number of nitrogens with one attached hydrogen (secondary N) is 2. The molecule has 1 unspecified atom stereocenters. The average molecular weight is 385 g/mol. The number of nitrogens with zero attached hydrogens (tertiary/aromatic N) is 2. The van der Waals surface area contributed by atoms with Crippen LogP contribution in [0, 0.1) is 5.92 Å². The summed E-state index contributed by atoms with van der Waals surface area (Å²) in [7, 11) is 0. The van der Waals surface area contributed by atoms with E-state index in [4.69, 9.17) is 0 Å². The van der Waals surface area contributed by atoms with Crippen LogP contribution in [0.2, 0.25) is 0 Å². The molecular weight excluding hydrogens is 352 g/mol. The van der Waals surface area contributed by atoms with Crippen LogP contribution < -0.4 is 10.6 Å². The van der Waals surface area contributed by atoms with E-state index in [-0.39, 0.29) is 24.9 Å². The first-order valence-electron chi connectivity index (χ1n) is 9.75. The third kappa shape index (κ3) is 5.74. The minimum Gasteiger partial charge on any atom is -0.338 e. The zero-order valence-electron chi connectivity index (χ0n) is 16.6. The van der Waals surface area contributed by atoms with Crippen LogP contribution in [0.4, 0.5) is 9.59 Å². The predicted octanol–water partition coefficient (Wildman–Crippen LogP) is 2.00. The van der Waals surface area contributed by atoms with Gasteiger partial charge in [-0.3, -0.25) is 10.0 Å². The molecule has 3 atom stereocenters. The predicted molar refractivity (Wildman–Crippen MR) is 98.6 cm³/mol. The molecule has 27 heavy (non-hydrogen) atoms. The number of amides is 6. The van der Waals surface area contributed by atoms with Crippen LogP contribution in [0.3, 0.4) is 0 Å². The van der Waals surface area contributed by atoms with Gasteiger partial charge in [-0.2, -0.15) is 4.48 Å². The number of hydrogen-bond donors (Lipinski definition) is 3. The first-order chi connectivity index (χ1) is 12.8. The molecule has 6 amide bonds. The topological polar surface area (TPSA) is 116 Å². The molecule has 0 bridgehead atoms. The third-order valence-corrected chi connectivity index (χ3v) is 5.23. The Morgan fingerprint density at radius 3 is 2.52 bits per heavy atom. The molecule has 9 heteroatoms. The van der Waals surface area contributed by atoms with Crippen LogP contribution in [-0.2, 0) is 9.59 Å². The summed E-state index contributed by atoms with van der Waals surface area (Å²) in [5, 5.41) is 14.9. The molecule has 0 aliphatic carbocycles. The van der Waals surface area contributed by atoms with Crippen molar-refractivity contribution in [3.8, 4) is 0 Å². The van der Waals surface area contributed by atoms with Gasteiger partial charge < -0.3 is 5.32 Å². The molecule has 0 spiro atoms. The summed E-state index contributed by atoms with van der Waals surface area (Å²) in [5.41, 5.74) is 0. The van der Waals surface area contributed by atoms with Crippen LogP contribution in [0.1, 0.15) is 59.3 Å². The van der Waals surface area contributed by atoms with Crippen molar-refractivity contribution in [1.82, 2.24) is 15.7 Å². The maximum Gasteiger partial charge on any atom is 0.432 e. The van der Waals surface area contributed by atoms with Crippen molar-refractivity contribution in [2.24, 2.45) is 5.92 Å². The third-order valence-electron chi connectivity index (χ3n) is 5.23. The Balaban J connectivity index is 3.09. The second-order valence-electron chi connectivity index (χ2n) is 7.13. The highest BCUT2D eigenvalue weighted by Gasteiger charge is 2.55. The van der Waals surface area contributed by atoms with Gasteiger partial charge in [0.25, 0.3) is 0 Å². The number of likely N-dealkylation sites (tertiary alicyclic amines) is 1. The Hall–Kier alpha value is -2.00. The number of hydrogen-bond acceptors (Lipinski definition) is 5. The fraction of sp³-hybridized carbons (Fsp3) is 0.778. The molecule has 3 N–H and O–H groups in total. The summed E-state index contributed by atoms with van der Waals surface area (Å²) >= 11 is 0. The molecule has 1 aliphatic rings. The summed E-state index contributed by atoms with van der Waals surface area (Å²) in [6.07, 6.45) is 4.74. The normalized spacial score (nSPS) is 22.7. The molecule has 0 aromatic rings. The van der Waals surface area contributed by atoms with Gasteiger partial charge in [0.05, 0.1) is 19.0 Å². The van der Waals surface area contributed by atoms with Gasteiger partial charge >= 0.3 is 18.0 Å². The Kier molecular flexibility index (Phi) is 9.37. The van der Waals surface area contributed by atoms with Crippen LogP contribution in [0.5, 0.6) is 0 Å². The number of rotatable bonds is 9. The summed E-state index contributed by atoms with van der Waals surface area (Å²) in [6.45, 7) is 6.10. The lowest BCUT2D eigenvalue weighted by atomic mass is 9.97. The van der Waals surface area contributed by atoms with Crippen molar-refractivity contribution in [3.63, 3.8) is 0 Å². The van der Waals surface area contributed by atoms with E-state index in [1.165, 1.54) is 0 Å². The molecule has 0 radical (unpaired) electrons. The molecule has 1 rings (SSSR count). The number of imide groups is 2. The first kappa shape index (κ1) is 23.0. The van der Waals surface area contributed by atoms with Crippen LogP contribution in [-0.4, -0.2) is 64.8 Å². The molecule has 0 aromatic heterocycles. The molecular formula is C18H33N4O5+. The number of urea groups is 2. The summed E-state index contributed by atoms with van der Waals surface area (Å²) in [6, 6.07) is -1.55. The van der Waals surface area contributed by atoms with Gasteiger partial charge in [-0.15, -0.1) is 0 Å². The van der Waals surface area contributed by atoms with E-state index >= 15 is 0 Å². The zero-order valence-corrected chi connectivity index (χ0v) is 16.6. The molecule has 1 saturated heterocycles. The maximum absolute atomic E-state index is 13.4. The molecule has 0 saturated carbocycles. The number of quaternary nitrogens is 1. The molecule has 154 valence electrons. The van der Waals surface area contributed by atoms with Crippen molar-refractivity contribution < 1.29 is 28.9 Å². The molecule has 1 fully saturated rings. The van der Waals surface area contributed by atoms with E-state index in [9.17, 15) is 24.4 Å². The maximum atomic E-state index is 13.4. The van der Waals surface area contributed by atoms with Crippen molar-refractivity contribution >= 4 is 24.4 Å². The Morgan fingerprint density at radius 2 is 2.00 bits per heavy atom. The highest BCUT2D eigenvalue weighted by Crippen LogP contribution is 2.31. The van der Waals surface area contributed by atoms with Crippen LogP contribution >= 0.6 is 0 Å². The van der Waals surface area contributed by atoms with Crippen molar-refractivity contribution in [1.29, 1.82) is 0 Å². The van der Waals surface area contributed by atoms with Gasteiger partial charge in [-0.1, -0.05) is 26.2 Å². The van der Waals surface area contributed by atoms with Gasteiger partial charge in [0.15, 0.2) is 0 Å². The van der Waals surface area contributed by atoms with E-state index in [1.807, 2.05) is 13.8 Å². The van der Waals surface area contributed by atoms with E-state index in [0.29, 0.717) is 37.4 Å². The van der Waals surface area contributed by atoms with Crippen molar-refractivity contribution in [2.45, 2.75) is 65.3 Å². The van der Waals surface area contributed by atoms with Gasteiger partial charge in [0.1, 0.15) is 6.04 Å². The number of carbonyl (C=O) groups excluding carboxylic acids is 4. The van der Waals surface area contributed by atoms with Crippen LogP contribution in [0.15, 0.2) is 0 Å². The monoisotopic (exact) mass is 385 g/mol. The van der Waals surface area contributed by atoms with E-state index in [0.717, 1.165) is 19.3 Å². The molecule has 1 heterocycles. The first-order valence-corrected chi connectivity index (χ1v) is 9.75. The minimum atomic E-state index is -0.674. The lowest BCUT2D eigenvalue weighted by Crippen LogP contribution is -2.66. The van der Waals surface area contributed by atoms with E-state index in [1.54, 1.807) is 6.92 Å². The van der Waals surface area contributed by atoms with Gasteiger partial charge in [0.2, 0.25) is 6.41 Å².